The first-order chi connectivity index (χ1) is 11.0. The molecule has 0 aliphatic rings. The average Bonchev–Trinajstić information content (AvgIpc) is 3.11. The lowest BCUT2D eigenvalue weighted by molar-refractivity contribution is 0.0911. The first-order valence-corrected chi connectivity index (χ1v) is 7.69. The Morgan fingerprint density at radius 1 is 1.39 bits per heavy atom. The van der Waals surface area contributed by atoms with Gasteiger partial charge in [0.05, 0.1) is 6.04 Å². The van der Waals surface area contributed by atoms with E-state index in [1.54, 1.807) is 6.33 Å². The van der Waals surface area contributed by atoms with Crippen LogP contribution in [0.3, 0.4) is 0 Å². The third-order valence-electron chi connectivity index (χ3n) is 4.02. The summed E-state index contributed by atoms with van der Waals surface area (Å²) in [5.74, 6) is 0.833. The van der Waals surface area contributed by atoms with E-state index >= 15 is 0 Å². The van der Waals surface area contributed by atoms with Gasteiger partial charge < -0.3 is 14.3 Å². The summed E-state index contributed by atoms with van der Waals surface area (Å²) < 4.78 is 7.66. The Morgan fingerprint density at radius 2 is 2.17 bits per heavy atom. The molecule has 0 aliphatic carbocycles. The van der Waals surface area contributed by atoms with Crippen molar-refractivity contribution in [2.75, 3.05) is 0 Å². The molecule has 120 valence electrons. The highest BCUT2D eigenvalue weighted by molar-refractivity contribution is 5.99. The van der Waals surface area contributed by atoms with Crippen LogP contribution >= 0.6 is 0 Å². The van der Waals surface area contributed by atoms with E-state index in [0.717, 1.165) is 34.5 Å². The molecule has 0 saturated heterocycles. The van der Waals surface area contributed by atoms with Gasteiger partial charge in [-0.05, 0) is 39.3 Å². The van der Waals surface area contributed by atoms with Crippen molar-refractivity contribution in [1.82, 2.24) is 20.1 Å². The van der Waals surface area contributed by atoms with E-state index in [1.165, 1.54) is 0 Å². The number of nitrogens with zero attached hydrogens (tertiary/aromatic N) is 3. The first kappa shape index (κ1) is 15.3. The number of hydrogen-bond donors (Lipinski definition) is 1. The number of aryl methyl sites for hydroxylation is 3. The Labute approximate surface area is 134 Å². The van der Waals surface area contributed by atoms with Gasteiger partial charge in [-0.15, -0.1) is 10.2 Å². The smallest absolute Gasteiger partial charge is 0.287 e. The van der Waals surface area contributed by atoms with Gasteiger partial charge in [0.15, 0.2) is 11.6 Å². The largest absolute Gasteiger partial charge is 0.451 e. The maximum absolute atomic E-state index is 12.6. The number of benzene rings is 1. The molecule has 0 fully saturated rings. The second kappa shape index (κ2) is 5.87. The highest BCUT2D eigenvalue weighted by Crippen LogP contribution is 2.26. The van der Waals surface area contributed by atoms with Crippen molar-refractivity contribution in [1.29, 1.82) is 0 Å². The quantitative estimate of drug-likeness (QED) is 0.803. The number of amides is 1. The molecule has 0 spiro atoms. The molecular formula is C17H20N4O2. The molecule has 2 heterocycles. The van der Waals surface area contributed by atoms with Crippen molar-refractivity contribution in [2.45, 2.75) is 40.3 Å². The van der Waals surface area contributed by atoms with Gasteiger partial charge in [0.2, 0.25) is 0 Å². The maximum atomic E-state index is 12.6. The second-order valence-electron chi connectivity index (χ2n) is 5.73. The molecule has 1 aromatic carbocycles. The lowest BCUT2D eigenvalue weighted by Crippen LogP contribution is -2.28. The van der Waals surface area contributed by atoms with Crippen LogP contribution in [0.4, 0.5) is 0 Å². The van der Waals surface area contributed by atoms with Gasteiger partial charge in [-0.3, -0.25) is 4.79 Å². The number of carbonyl (C=O) groups is 1. The Bertz CT molecular complexity index is 863. The average molecular weight is 312 g/mol. The highest BCUT2D eigenvalue weighted by Gasteiger charge is 2.21. The van der Waals surface area contributed by atoms with Gasteiger partial charge in [-0.25, -0.2) is 0 Å². The van der Waals surface area contributed by atoms with Crippen LogP contribution in [0.15, 0.2) is 28.9 Å². The normalized spacial score (nSPS) is 12.5. The lowest BCUT2D eigenvalue weighted by atomic mass is 10.1. The molecule has 1 N–H and O–H groups in total. The molecular weight excluding hydrogens is 292 g/mol. The Hall–Kier alpha value is -2.63. The van der Waals surface area contributed by atoms with Crippen molar-refractivity contribution >= 4 is 16.9 Å². The topological polar surface area (TPSA) is 73.0 Å². The van der Waals surface area contributed by atoms with Crippen LogP contribution in [0.25, 0.3) is 11.0 Å². The molecule has 0 saturated carbocycles. The fraction of sp³-hybridized carbons (Fsp3) is 0.353. The molecule has 0 radical (unpaired) electrons. The number of fused-ring (bicyclic) bond motifs is 1. The van der Waals surface area contributed by atoms with E-state index in [0.29, 0.717) is 5.76 Å². The minimum Gasteiger partial charge on any atom is -0.451 e. The zero-order valence-electron chi connectivity index (χ0n) is 13.8. The fourth-order valence-electron chi connectivity index (χ4n) is 2.72. The predicted octanol–water partition coefficient (Wildman–Crippen LogP) is 3.15. The SMILES string of the molecule is CCn1cnnc1[C@@H](C)NC(=O)c1oc2cc(C)ccc2c1C. The van der Waals surface area contributed by atoms with Crippen LogP contribution in [-0.4, -0.2) is 20.7 Å². The third kappa shape index (κ3) is 2.72. The Kier molecular flexibility index (Phi) is 3.90. The number of furan rings is 1. The van der Waals surface area contributed by atoms with Crippen LogP contribution in [0.1, 0.15) is 47.4 Å². The predicted molar refractivity (Wildman–Crippen MR) is 87.3 cm³/mol. The molecule has 2 aromatic heterocycles. The first-order valence-electron chi connectivity index (χ1n) is 7.69. The van der Waals surface area contributed by atoms with Crippen molar-refractivity contribution in [3.05, 3.63) is 47.2 Å². The van der Waals surface area contributed by atoms with Crippen molar-refractivity contribution in [3.8, 4) is 0 Å². The molecule has 6 heteroatoms. The van der Waals surface area contributed by atoms with E-state index in [1.807, 2.05) is 50.5 Å². The lowest BCUT2D eigenvalue weighted by Gasteiger charge is -2.13. The summed E-state index contributed by atoms with van der Waals surface area (Å²) in [7, 11) is 0. The molecule has 1 amide bonds. The van der Waals surface area contributed by atoms with E-state index in [2.05, 4.69) is 15.5 Å². The molecule has 3 rings (SSSR count). The standard InChI is InChI=1S/C17H20N4O2/c1-5-21-9-18-20-16(21)12(4)19-17(22)15-11(3)13-7-6-10(2)8-14(13)23-15/h6-9,12H,5H2,1-4H3,(H,19,22)/t12-/m1/s1. The van der Waals surface area contributed by atoms with Gasteiger partial charge in [-0.2, -0.15) is 0 Å². The molecule has 1 atom stereocenters. The van der Waals surface area contributed by atoms with Gasteiger partial charge >= 0.3 is 0 Å². The molecule has 0 aliphatic heterocycles. The van der Waals surface area contributed by atoms with Crippen molar-refractivity contribution in [2.24, 2.45) is 0 Å². The Balaban J connectivity index is 1.87. The van der Waals surface area contributed by atoms with Gasteiger partial charge in [-0.1, -0.05) is 12.1 Å². The summed E-state index contributed by atoms with van der Waals surface area (Å²) in [4.78, 5) is 12.6. The van der Waals surface area contributed by atoms with Crippen LogP contribution in [-0.2, 0) is 6.54 Å². The number of aromatic nitrogens is 3. The zero-order valence-corrected chi connectivity index (χ0v) is 13.8. The molecule has 0 bridgehead atoms. The third-order valence-corrected chi connectivity index (χ3v) is 4.02. The van der Waals surface area contributed by atoms with Crippen molar-refractivity contribution in [3.63, 3.8) is 0 Å². The fourth-order valence-corrected chi connectivity index (χ4v) is 2.72. The summed E-state index contributed by atoms with van der Waals surface area (Å²) in [5.41, 5.74) is 2.68. The van der Waals surface area contributed by atoms with Crippen LogP contribution in [0.5, 0.6) is 0 Å². The molecule has 0 unspecified atom stereocenters. The van der Waals surface area contributed by atoms with Crippen LogP contribution in [0.2, 0.25) is 0 Å². The monoisotopic (exact) mass is 312 g/mol. The Morgan fingerprint density at radius 3 is 2.91 bits per heavy atom. The van der Waals surface area contributed by atoms with Gasteiger partial charge in [0.25, 0.3) is 5.91 Å². The summed E-state index contributed by atoms with van der Waals surface area (Å²) >= 11 is 0. The van der Waals surface area contributed by atoms with Gasteiger partial charge in [0.1, 0.15) is 11.9 Å². The van der Waals surface area contributed by atoms with Crippen LogP contribution < -0.4 is 5.32 Å². The second-order valence-corrected chi connectivity index (χ2v) is 5.73. The number of carbonyl (C=O) groups excluding carboxylic acids is 1. The van der Waals surface area contributed by atoms with E-state index in [9.17, 15) is 4.79 Å². The van der Waals surface area contributed by atoms with Crippen LogP contribution in [0, 0.1) is 13.8 Å². The minimum absolute atomic E-state index is 0.241. The molecule has 6 nitrogen and oxygen atoms in total. The van der Waals surface area contributed by atoms with E-state index in [-0.39, 0.29) is 11.9 Å². The van der Waals surface area contributed by atoms with E-state index < -0.39 is 0 Å². The summed E-state index contributed by atoms with van der Waals surface area (Å²) in [6.07, 6.45) is 1.66. The zero-order chi connectivity index (χ0) is 16.6. The van der Waals surface area contributed by atoms with E-state index in [4.69, 9.17) is 4.42 Å². The number of hydrogen-bond acceptors (Lipinski definition) is 4. The summed E-state index contributed by atoms with van der Waals surface area (Å²) in [5, 5.41) is 11.9. The minimum atomic E-state index is -0.251. The molecule has 3 aromatic rings. The van der Waals surface area contributed by atoms with Gasteiger partial charge in [0, 0.05) is 17.5 Å². The highest BCUT2D eigenvalue weighted by atomic mass is 16.3. The number of nitrogens with one attached hydrogen (secondary N) is 1. The maximum Gasteiger partial charge on any atom is 0.287 e. The van der Waals surface area contributed by atoms with Crippen molar-refractivity contribution < 1.29 is 9.21 Å². The summed E-state index contributed by atoms with van der Waals surface area (Å²) in [6, 6.07) is 5.69. The number of rotatable bonds is 4. The summed E-state index contributed by atoms with van der Waals surface area (Å²) in [6.45, 7) is 8.54. The molecule has 23 heavy (non-hydrogen) atoms.